The number of carbonyl (C=O) groups is 3. The molecule has 14 heteroatoms. The van der Waals surface area contributed by atoms with Crippen LogP contribution in [0.4, 0.5) is 11.4 Å². The van der Waals surface area contributed by atoms with Crippen LogP contribution in [0.5, 0.6) is 0 Å². The quantitative estimate of drug-likeness (QED) is 0.193. The molecule has 4 atom stereocenters. The molecule has 188 valence electrons. The molecule has 2 aromatic carbocycles. The van der Waals surface area contributed by atoms with Crippen LogP contribution in [-0.4, -0.2) is 47.2 Å². The Kier molecular flexibility index (Phi) is 7.43. The van der Waals surface area contributed by atoms with Crippen molar-refractivity contribution in [1.29, 1.82) is 0 Å². The SMILES string of the molecule is O=C(c1ccccc1[N+](=O)[O-])N(Cc1ccc(Cl)cc1[N+](=O)[O-])N1C(=O)[C@H]2C[C@H](Br)[C@@H](Br)C[C@H]2C1=O. The van der Waals surface area contributed by atoms with E-state index in [1.165, 1.54) is 30.3 Å². The molecule has 0 aromatic heterocycles. The van der Waals surface area contributed by atoms with E-state index >= 15 is 0 Å². The third kappa shape index (κ3) is 4.74. The first-order valence-corrected chi connectivity index (χ1v) is 12.9. The number of rotatable bonds is 6. The Bertz CT molecular complexity index is 1260. The minimum atomic E-state index is -1.02. The summed E-state index contributed by atoms with van der Waals surface area (Å²) >= 11 is 12.9. The van der Waals surface area contributed by atoms with Gasteiger partial charge in [-0.1, -0.05) is 55.6 Å². The van der Waals surface area contributed by atoms with Crippen LogP contribution in [0.25, 0.3) is 0 Å². The highest BCUT2D eigenvalue weighted by Crippen LogP contribution is 2.44. The van der Waals surface area contributed by atoms with Gasteiger partial charge in [-0.2, -0.15) is 5.01 Å². The van der Waals surface area contributed by atoms with E-state index in [1.807, 2.05) is 0 Å². The van der Waals surface area contributed by atoms with E-state index in [1.54, 1.807) is 0 Å². The fraction of sp³-hybridized carbons (Fsp3) is 0.318. The van der Waals surface area contributed by atoms with E-state index in [4.69, 9.17) is 11.6 Å². The van der Waals surface area contributed by atoms with Gasteiger partial charge in [0.15, 0.2) is 0 Å². The van der Waals surface area contributed by atoms with E-state index in [0.29, 0.717) is 17.9 Å². The third-order valence-electron chi connectivity index (χ3n) is 6.26. The number of nitro groups is 2. The van der Waals surface area contributed by atoms with Gasteiger partial charge in [-0.25, -0.2) is 5.01 Å². The lowest BCUT2D eigenvalue weighted by atomic mass is 9.81. The van der Waals surface area contributed by atoms with Gasteiger partial charge in [0.1, 0.15) is 5.56 Å². The van der Waals surface area contributed by atoms with Gasteiger partial charge in [-0.3, -0.25) is 34.6 Å². The lowest BCUT2D eigenvalue weighted by molar-refractivity contribution is -0.385. The summed E-state index contributed by atoms with van der Waals surface area (Å²) in [7, 11) is 0. The van der Waals surface area contributed by atoms with E-state index < -0.39 is 57.3 Å². The first kappa shape index (κ1) is 26.2. The Morgan fingerprint density at radius 3 is 2.08 bits per heavy atom. The molecule has 2 aromatic rings. The summed E-state index contributed by atoms with van der Waals surface area (Å²) in [5.41, 5.74) is -1.34. The number of alkyl halides is 2. The fourth-order valence-corrected chi connectivity index (χ4v) is 5.91. The molecule has 2 fully saturated rings. The zero-order valence-corrected chi connectivity index (χ0v) is 22.2. The number of imide groups is 1. The van der Waals surface area contributed by atoms with Crippen molar-refractivity contribution in [2.75, 3.05) is 0 Å². The molecule has 1 aliphatic heterocycles. The first-order valence-electron chi connectivity index (χ1n) is 10.6. The van der Waals surface area contributed by atoms with Gasteiger partial charge in [0.2, 0.25) is 0 Å². The molecule has 4 rings (SSSR count). The molecular formula is C22H17Br2ClN4O7. The molecule has 1 saturated heterocycles. The molecule has 0 radical (unpaired) electrons. The summed E-state index contributed by atoms with van der Waals surface area (Å²) in [5.74, 6) is -3.72. The third-order valence-corrected chi connectivity index (χ3v) is 9.23. The first-order chi connectivity index (χ1) is 17.0. The van der Waals surface area contributed by atoms with Crippen LogP contribution in [0.15, 0.2) is 42.5 Å². The van der Waals surface area contributed by atoms with E-state index in [9.17, 15) is 34.6 Å². The highest BCUT2D eigenvalue weighted by Gasteiger charge is 2.55. The van der Waals surface area contributed by atoms with Gasteiger partial charge >= 0.3 is 0 Å². The molecule has 3 amide bonds. The van der Waals surface area contributed by atoms with Crippen molar-refractivity contribution < 1.29 is 24.2 Å². The number of amides is 3. The molecule has 0 bridgehead atoms. The maximum atomic E-state index is 13.7. The van der Waals surface area contributed by atoms with Crippen molar-refractivity contribution in [3.63, 3.8) is 0 Å². The Hall–Kier alpha value is -2.90. The second kappa shape index (κ2) is 10.2. The molecule has 1 saturated carbocycles. The van der Waals surface area contributed by atoms with E-state index in [-0.39, 0.29) is 25.8 Å². The molecule has 1 aliphatic carbocycles. The van der Waals surface area contributed by atoms with Crippen LogP contribution < -0.4 is 0 Å². The Morgan fingerprint density at radius 1 is 0.972 bits per heavy atom. The van der Waals surface area contributed by atoms with Gasteiger partial charge in [0.05, 0.1) is 33.8 Å². The van der Waals surface area contributed by atoms with Crippen molar-refractivity contribution in [3.8, 4) is 0 Å². The standard InChI is InChI=1S/C22H17Br2ClN4O7/c23-16-8-14-15(9-17(16)24)22(32)27(21(14)31)26(10-11-5-6-12(25)7-19(11)29(35)36)20(30)13-3-1-2-4-18(13)28(33)34/h1-7,14-17H,8-10H2/t14-,15+,16-,17-/m0/s1. The second-order valence-electron chi connectivity index (χ2n) is 8.37. The molecule has 11 nitrogen and oxygen atoms in total. The summed E-state index contributed by atoms with van der Waals surface area (Å²) in [6, 6.07) is 8.86. The molecule has 0 N–H and O–H groups in total. The summed E-state index contributed by atoms with van der Waals surface area (Å²) < 4.78 is 0. The Labute approximate surface area is 225 Å². The summed E-state index contributed by atoms with van der Waals surface area (Å²) in [6.45, 7) is -0.565. The number of nitrogens with zero attached hydrogens (tertiary/aromatic N) is 4. The van der Waals surface area contributed by atoms with Gasteiger partial charge in [0, 0.05) is 26.8 Å². The monoisotopic (exact) mass is 642 g/mol. The van der Waals surface area contributed by atoms with Crippen LogP contribution >= 0.6 is 43.5 Å². The summed E-state index contributed by atoms with van der Waals surface area (Å²) in [6.07, 6.45) is 0.659. The van der Waals surface area contributed by atoms with Crippen molar-refractivity contribution in [2.45, 2.75) is 29.0 Å². The number of halogens is 3. The van der Waals surface area contributed by atoms with Crippen LogP contribution in [0.2, 0.25) is 5.02 Å². The van der Waals surface area contributed by atoms with Crippen molar-refractivity contribution >= 4 is 72.6 Å². The fourth-order valence-electron chi connectivity index (χ4n) is 4.50. The number of hydrazine groups is 1. The molecular weight excluding hydrogens is 628 g/mol. The predicted molar refractivity (Wildman–Crippen MR) is 135 cm³/mol. The summed E-state index contributed by atoms with van der Waals surface area (Å²) in [4.78, 5) is 62.2. The van der Waals surface area contributed by atoms with Gasteiger partial charge in [-0.05, 0) is 31.0 Å². The van der Waals surface area contributed by atoms with Crippen LogP contribution in [-0.2, 0) is 16.1 Å². The van der Waals surface area contributed by atoms with Crippen molar-refractivity contribution in [1.82, 2.24) is 10.0 Å². The van der Waals surface area contributed by atoms with Crippen LogP contribution in [0.3, 0.4) is 0 Å². The lowest BCUT2D eigenvalue weighted by Gasteiger charge is -2.30. The number of benzene rings is 2. The smallest absolute Gasteiger partial charge is 0.272 e. The number of hydrogen-bond donors (Lipinski definition) is 0. The maximum absolute atomic E-state index is 13.7. The highest BCUT2D eigenvalue weighted by molar-refractivity contribution is 9.12. The van der Waals surface area contributed by atoms with E-state index in [2.05, 4.69) is 31.9 Å². The number of fused-ring (bicyclic) bond motifs is 1. The Morgan fingerprint density at radius 2 is 1.53 bits per heavy atom. The number of nitro benzene ring substituents is 2. The zero-order chi connectivity index (χ0) is 26.3. The molecule has 0 unspecified atom stereocenters. The minimum Gasteiger partial charge on any atom is -0.272 e. The Balaban J connectivity index is 1.82. The van der Waals surface area contributed by atoms with E-state index in [0.717, 1.165) is 17.1 Å². The molecule has 0 spiro atoms. The number of hydrogen-bond acceptors (Lipinski definition) is 7. The molecule has 36 heavy (non-hydrogen) atoms. The zero-order valence-electron chi connectivity index (χ0n) is 18.3. The lowest BCUT2D eigenvalue weighted by Crippen LogP contribution is -2.50. The molecule has 2 aliphatic rings. The topological polar surface area (TPSA) is 144 Å². The molecule has 1 heterocycles. The van der Waals surface area contributed by atoms with Gasteiger partial charge < -0.3 is 0 Å². The number of para-hydroxylation sites is 1. The highest BCUT2D eigenvalue weighted by atomic mass is 79.9. The maximum Gasteiger partial charge on any atom is 0.282 e. The normalized spacial score (nSPS) is 23.4. The number of carbonyl (C=O) groups excluding carboxylic acids is 3. The summed E-state index contributed by atoms with van der Waals surface area (Å²) in [5, 5.41) is 24.8. The van der Waals surface area contributed by atoms with Crippen LogP contribution in [0.1, 0.15) is 28.8 Å². The largest absolute Gasteiger partial charge is 0.282 e. The second-order valence-corrected chi connectivity index (χ2v) is 11.2. The predicted octanol–water partition coefficient (Wildman–Crippen LogP) is 4.64. The van der Waals surface area contributed by atoms with Gasteiger partial charge in [0.25, 0.3) is 29.1 Å². The minimum absolute atomic E-state index is 0.0106. The average molecular weight is 645 g/mol. The van der Waals surface area contributed by atoms with Gasteiger partial charge in [-0.15, -0.1) is 0 Å². The van der Waals surface area contributed by atoms with Crippen molar-refractivity contribution in [2.24, 2.45) is 11.8 Å². The van der Waals surface area contributed by atoms with Crippen molar-refractivity contribution in [3.05, 3.63) is 78.8 Å². The average Bonchev–Trinajstić information content (AvgIpc) is 3.07. The van der Waals surface area contributed by atoms with Crippen LogP contribution in [0, 0.1) is 32.1 Å².